The Morgan fingerprint density at radius 2 is 1.89 bits per heavy atom. The van der Waals surface area contributed by atoms with Crippen LogP contribution in [0, 0.1) is 6.92 Å². The van der Waals surface area contributed by atoms with Gasteiger partial charge in [0.2, 0.25) is 0 Å². The topological polar surface area (TPSA) is 84.2 Å². The van der Waals surface area contributed by atoms with Crippen LogP contribution in [0.5, 0.6) is 0 Å². The van der Waals surface area contributed by atoms with E-state index in [1.807, 2.05) is 0 Å². The van der Waals surface area contributed by atoms with E-state index >= 15 is 0 Å². The van der Waals surface area contributed by atoms with Crippen LogP contribution in [-0.4, -0.2) is 32.3 Å². The van der Waals surface area contributed by atoms with E-state index in [4.69, 9.17) is 0 Å². The Hall–Kier alpha value is -2.84. The molecule has 0 atom stereocenters. The number of nitrogens with one attached hydrogen (secondary N) is 1. The van der Waals surface area contributed by atoms with Gasteiger partial charge in [0, 0.05) is 0 Å². The maximum Gasteiger partial charge on any atom is 0.416 e. The molecule has 0 bridgehead atoms. The van der Waals surface area contributed by atoms with Crippen molar-refractivity contribution in [1.29, 1.82) is 0 Å². The highest BCUT2D eigenvalue weighted by Crippen LogP contribution is 2.31. The largest absolute Gasteiger partial charge is 0.480 e. The highest BCUT2D eigenvalue weighted by atomic mass is 19.4. The third kappa shape index (κ3) is 3.74. The van der Waals surface area contributed by atoms with Crippen LogP contribution in [0.4, 0.5) is 13.2 Å². The van der Waals surface area contributed by atoms with Gasteiger partial charge in [-0.15, -0.1) is 0 Å². The summed E-state index contributed by atoms with van der Waals surface area (Å²) in [6.45, 7) is 1.55. The molecule has 1 saturated carbocycles. The molecule has 1 fully saturated rings. The SMILES string of the molecule is Cc1c(C(=O)NC2(C(=O)O)CCCCC2)cnn1-c1cccc(C(F)(F)F)c1. The number of carboxylic acid groups (broad SMARTS) is 1. The highest BCUT2D eigenvalue weighted by molar-refractivity contribution is 5.98. The molecule has 1 aliphatic carbocycles. The number of hydrogen-bond acceptors (Lipinski definition) is 3. The Bertz CT molecular complexity index is 899. The number of hydrogen-bond donors (Lipinski definition) is 2. The Morgan fingerprint density at radius 1 is 1.21 bits per heavy atom. The summed E-state index contributed by atoms with van der Waals surface area (Å²) >= 11 is 0. The van der Waals surface area contributed by atoms with E-state index in [0.717, 1.165) is 18.6 Å². The minimum atomic E-state index is -4.49. The molecule has 0 aliphatic heterocycles. The van der Waals surface area contributed by atoms with Gasteiger partial charge in [-0.2, -0.15) is 18.3 Å². The summed E-state index contributed by atoms with van der Waals surface area (Å²) in [5, 5.41) is 16.3. The molecule has 150 valence electrons. The standard InChI is InChI=1S/C19H20F3N3O3/c1-12-15(16(26)24-18(17(27)28)8-3-2-4-9-18)11-23-25(12)14-7-5-6-13(10-14)19(20,21)22/h5-7,10-11H,2-4,8-9H2,1H3,(H,24,26)(H,27,28). The Labute approximate surface area is 159 Å². The molecule has 1 amide bonds. The first-order valence-corrected chi connectivity index (χ1v) is 8.92. The van der Waals surface area contributed by atoms with Crippen molar-refractivity contribution in [3.05, 3.63) is 47.3 Å². The first-order chi connectivity index (χ1) is 13.1. The van der Waals surface area contributed by atoms with E-state index in [0.29, 0.717) is 31.4 Å². The van der Waals surface area contributed by atoms with Crippen LogP contribution in [0.3, 0.4) is 0 Å². The van der Waals surface area contributed by atoms with Crippen molar-refractivity contribution < 1.29 is 27.9 Å². The van der Waals surface area contributed by atoms with Crippen LogP contribution in [0.15, 0.2) is 30.5 Å². The number of aromatic nitrogens is 2. The predicted molar refractivity (Wildman–Crippen MR) is 94.2 cm³/mol. The smallest absolute Gasteiger partial charge is 0.416 e. The van der Waals surface area contributed by atoms with Gasteiger partial charge >= 0.3 is 12.1 Å². The molecule has 2 aromatic rings. The third-order valence-corrected chi connectivity index (χ3v) is 5.14. The molecule has 1 heterocycles. The molecule has 0 spiro atoms. The average molecular weight is 395 g/mol. The van der Waals surface area contributed by atoms with Crippen LogP contribution in [0.25, 0.3) is 5.69 Å². The monoisotopic (exact) mass is 395 g/mol. The van der Waals surface area contributed by atoms with Crippen LogP contribution in [0.2, 0.25) is 0 Å². The highest BCUT2D eigenvalue weighted by Gasteiger charge is 2.41. The third-order valence-electron chi connectivity index (χ3n) is 5.14. The number of alkyl halides is 3. The van der Waals surface area contributed by atoms with Gasteiger partial charge < -0.3 is 10.4 Å². The second kappa shape index (κ2) is 7.29. The maximum absolute atomic E-state index is 12.9. The summed E-state index contributed by atoms with van der Waals surface area (Å²) in [6.07, 6.45) is -0.249. The molecule has 28 heavy (non-hydrogen) atoms. The number of carbonyl (C=O) groups is 2. The number of rotatable bonds is 4. The molecule has 0 saturated heterocycles. The van der Waals surface area contributed by atoms with Crippen molar-refractivity contribution in [2.45, 2.75) is 50.7 Å². The first kappa shape index (κ1) is 19.9. The lowest BCUT2D eigenvalue weighted by molar-refractivity contribution is -0.146. The van der Waals surface area contributed by atoms with E-state index in [-0.39, 0.29) is 11.3 Å². The van der Waals surface area contributed by atoms with Gasteiger partial charge in [0.25, 0.3) is 5.91 Å². The minimum Gasteiger partial charge on any atom is -0.480 e. The van der Waals surface area contributed by atoms with Gasteiger partial charge in [-0.05, 0) is 38.0 Å². The molecule has 1 aromatic carbocycles. The summed E-state index contributed by atoms with van der Waals surface area (Å²) in [4.78, 5) is 24.5. The zero-order valence-electron chi connectivity index (χ0n) is 15.2. The molecule has 9 heteroatoms. The summed E-state index contributed by atoms with van der Waals surface area (Å²) in [7, 11) is 0. The molecule has 1 aromatic heterocycles. The van der Waals surface area contributed by atoms with Crippen molar-refractivity contribution >= 4 is 11.9 Å². The number of nitrogens with zero attached hydrogens (tertiary/aromatic N) is 2. The van der Waals surface area contributed by atoms with Crippen LogP contribution in [0.1, 0.15) is 53.7 Å². The number of carbonyl (C=O) groups excluding carboxylic acids is 1. The summed E-state index contributed by atoms with van der Waals surface area (Å²) in [6, 6.07) is 4.62. The molecule has 2 N–H and O–H groups in total. The number of carboxylic acids is 1. The van der Waals surface area contributed by atoms with Crippen molar-refractivity contribution in [3.8, 4) is 5.69 Å². The van der Waals surface area contributed by atoms with Crippen LogP contribution < -0.4 is 5.32 Å². The quantitative estimate of drug-likeness (QED) is 0.827. The summed E-state index contributed by atoms with van der Waals surface area (Å²) in [5.74, 6) is -1.68. The van der Waals surface area contributed by atoms with Gasteiger partial charge in [0.1, 0.15) is 5.54 Å². The second-order valence-electron chi connectivity index (χ2n) is 7.01. The number of aliphatic carboxylic acids is 1. The number of benzene rings is 1. The van der Waals surface area contributed by atoms with Crippen molar-refractivity contribution in [3.63, 3.8) is 0 Å². The van der Waals surface area contributed by atoms with E-state index in [9.17, 15) is 27.9 Å². The predicted octanol–water partition coefficient (Wildman–Crippen LogP) is 3.72. The van der Waals surface area contributed by atoms with Gasteiger partial charge in [-0.3, -0.25) is 4.79 Å². The number of halogens is 3. The van der Waals surface area contributed by atoms with Gasteiger partial charge in [-0.25, -0.2) is 9.48 Å². The molecule has 3 rings (SSSR count). The van der Waals surface area contributed by atoms with Crippen LogP contribution in [-0.2, 0) is 11.0 Å². The zero-order chi connectivity index (χ0) is 20.5. The van der Waals surface area contributed by atoms with E-state index in [2.05, 4.69) is 10.4 Å². The normalized spacial score (nSPS) is 16.6. The molecule has 0 radical (unpaired) electrons. The lowest BCUT2D eigenvalue weighted by Gasteiger charge is -2.33. The van der Waals surface area contributed by atoms with E-state index < -0.39 is 29.2 Å². The Balaban J connectivity index is 1.89. The molecular weight excluding hydrogens is 375 g/mol. The fourth-order valence-corrected chi connectivity index (χ4v) is 3.54. The maximum atomic E-state index is 12.9. The lowest BCUT2D eigenvalue weighted by atomic mass is 9.81. The van der Waals surface area contributed by atoms with Gasteiger partial charge in [0.15, 0.2) is 0 Å². The van der Waals surface area contributed by atoms with Gasteiger partial charge in [-0.1, -0.05) is 25.3 Å². The fraction of sp³-hybridized carbons (Fsp3) is 0.421. The summed E-state index contributed by atoms with van der Waals surface area (Å²) in [5.41, 5.74) is -1.52. The minimum absolute atomic E-state index is 0.128. The van der Waals surface area contributed by atoms with Crippen molar-refractivity contribution in [2.75, 3.05) is 0 Å². The molecule has 1 aliphatic rings. The van der Waals surface area contributed by atoms with E-state index in [1.54, 1.807) is 6.92 Å². The average Bonchev–Trinajstić information content (AvgIpc) is 3.03. The molecular formula is C19H20F3N3O3. The van der Waals surface area contributed by atoms with E-state index in [1.165, 1.54) is 23.0 Å². The Morgan fingerprint density at radius 3 is 2.50 bits per heavy atom. The van der Waals surface area contributed by atoms with Crippen molar-refractivity contribution in [2.24, 2.45) is 0 Å². The van der Waals surface area contributed by atoms with Gasteiger partial charge in [0.05, 0.1) is 28.7 Å². The second-order valence-corrected chi connectivity index (χ2v) is 7.01. The van der Waals surface area contributed by atoms with Crippen LogP contribution >= 0.6 is 0 Å². The number of amides is 1. The molecule has 6 nitrogen and oxygen atoms in total. The zero-order valence-corrected chi connectivity index (χ0v) is 15.2. The Kier molecular flexibility index (Phi) is 5.18. The first-order valence-electron chi connectivity index (χ1n) is 8.92. The fourth-order valence-electron chi connectivity index (χ4n) is 3.54. The summed E-state index contributed by atoms with van der Waals surface area (Å²) < 4.78 is 40.1. The molecule has 0 unspecified atom stereocenters. The lowest BCUT2D eigenvalue weighted by Crippen LogP contribution is -2.55. The van der Waals surface area contributed by atoms with Crippen molar-refractivity contribution in [1.82, 2.24) is 15.1 Å².